The van der Waals surface area contributed by atoms with Crippen molar-refractivity contribution in [1.29, 1.82) is 0 Å². The molecule has 2 aromatic rings. The number of H-pyrrole nitrogens is 1. The number of hydrogen-bond donors (Lipinski definition) is 5. The molecule has 2 aliphatic heterocycles. The maximum atomic E-state index is 12.0. The lowest BCUT2D eigenvalue weighted by Gasteiger charge is -2.16. The van der Waals surface area contributed by atoms with Gasteiger partial charge in [-0.2, -0.15) is 4.98 Å². The van der Waals surface area contributed by atoms with Gasteiger partial charge in [0.05, 0.1) is 6.10 Å². The van der Waals surface area contributed by atoms with Crippen LogP contribution in [0.2, 0.25) is 0 Å². The molecule has 0 amide bonds. The molecule has 4 rings (SSSR count). The molecule has 2 aromatic heterocycles. The maximum absolute atomic E-state index is 12.0. The minimum absolute atomic E-state index is 0.000148. The van der Waals surface area contributed by atoms with Crippen LogP contribution in [0.15, 0.2) is 38.9 Å². The Bertz CT molecular complexity index is 1480. The summed E-state index contributed by atoms with van der Waals surface area (Å²) in [7, 11) is -9.62. The van der Waals surface area contributed by atoms with E-state index in [1.165, 1.54) is 12.3 Å². The van der Waals surface area contributed by atoms with E-state index in [1.807, 2.05) is 4.98 Å². The van der Waals surface area contributed by atoms with E-state index in [1.54, 1.807) is 0 Å². The first-order valence-corrected chi connectivity index (χ1v) is 14.8. The Morgan fingerprint density at radius 2 is 1.56 bits per heavy atom. The zero-order chi connectivity index (χ0) is 29.8. The number of ether oxygens (including phenoxy) is 2. The highest BCUT2D eigenvalue weighted by molar-refractivity contribution is 7.53. The molecule has 0 saturated carbocycles. The van der Waals surface area contributed by atoms with E-state index in [9.17, 15) is 43.4 Å². The second-order valence-electron chi connectivity index (χ2n) is 8.46. The van der Waals surface area contributed by atoms with Gasteiger partial charge in [0.15, 0.2) is 14.8 Å². The van der Waals surface area contributed by atoms with Crippen molar-refractivity contribution in [1.82, 2.24) is 19.1 Å². The Balaban J connectivity index is 1.19. The number of anilines is 1. The SMILES string of the molecule is Nc1ccn([C@@H]2C[C@@H](O)[C@H](CO[P+](=O)O[P+](=O)O[P+](=O)OC[C@H]3O[C@@H](n4ccc(=O)[nH]c4=O)[C@H](O)[C@@H]3O)O2)c(=O)n1. The molecule has 23 heteroatoms. The fourth-order valence-corrected chi connectivity index (χ4v) is 6.02. The van der Waals surface area contributed by atoms with Crippen LogP contribution >= 0.6 is 24.8 Å². The first kappa shape index (κ1) is 31.2. The summed E-state index contributed by atoms with van der Waals surface area (Å²) in [6.07, 6.45) is -6.72. The third-order valence-electron chi connectivity index (χ3n) is 5.78. The quantitative estimate of drug-likeness (QED) is 0.168. The number of aromatic nitrogens is 4. The molecule has 2 aliphatic rings. The summed E-state index contributed by atoms with van der Waals surface area (Å²) in [5, 5.41) is 30.5. The van der Waals surface area contributed by atoms with E-state index in [0.29, 0.717) is 0 Å². The predicted molar refractivity (Wildman–Crippen MR) is 132 cm³/mol. The highest BCUT2D eigenvalue weighted by Gasteiger charge is 2.52. The zero-order valence-electron chi connectivity index (χ0n) is 20.5. The molecule has 2 fully saturated rings. The molecule has 222 valence electrons. The van der Waals surface area contributed by atoms with Crippen molar-refractivity contribution in [3.8, 4) is 0 Å². The molecule has 10 atom stereocenters. The van der Waals surface area contributed by atoms with Crippen molar-refractivity contribution in [2.75, 3.05) is 18.9 Å². The summed E-state index contributed by atoms with van der Waals surface area (Å²) < 4.78 is 67.2. The molecule has 3 unspecified atom stereocenters. The van der Waals surface area contributed by atoms with E-state index in [0.717, 1.165) is 21.4 Å². The molecule has 0 radical (unpaired) electrons. The number of nitrogens with one attached hydrogen (secondary N) is 1. The van der Waals surface area contributed by atoms with Gasteiger partial charge in [0, 0.05) is 38.6 Å². The topological polar surface area (TPSA) is 283 Å². The number of hydrogen-bond acceptors (Lipinski definition) is 17. The lowest BCUT2D eigenvalue weighted by Crippen LogP contribution is -2.37. The van der Waals surface area contributed by atoms with Crippen molar-refractivity contribution >= 4 is 30.6 Å². The summed E-state index contributed by atoms with van der Waals surface area (Å²) in [4.78, 5) is 40.6. The van der Waals surface area contributed by atoms with Crippen LogP contribution in [0, 0.1) is 0 Å². The lowest BCUT2D eigenvalue weighted by molar-refractivity contribution is -0.0516. The Morgan fingerprint density at radius 1 is 0.927 bits per heavy atom. The van der Waals surface area contributed by atoms with Gasteiger partial charge < -0.3 is 30.5 Å². The van der Waals surface area contributed by atoms with Crippen LogP contribution in [0.4, 0.5) is 5.82 Å². The van der Waals surface area contributed by atoms with Crippen LogP contribution in [0.25, 0.3) is 0 Å². The van der Waals surface area contributed by atoms with Crippen LogP contribution < -0.4 is 22.7 Å². The van der Waals surface area contributed by atoms with E-state index in [2.05, 4.69) is 13.6 Å². The Hall–Kier alpha value is -2.70. The highest BCUT2D eigenvalue weighted by Crippen LogP contribution is 2.47. The predicted octanol–water partition coefficient (Wildman–Crippen LogP) is -1.32. The largest absolute Gasteiger partial charge is 0.798 e. The van der Waals surface area contributed by atoms with Gasteiger partial charge in [0.2, 0.25) is 0 Å². The highest BCUT2D eigenvalue weighted by atomic mass is 31.2. The van der Waals surface area contributed by atoms with Crippen LogP contribution in [-0.2, 0) is 40.8 Å². The third kappa shape index (κ3) is 7.78. The average Bonchev–Trinajstić information content (AvgIpc) is 3.40. The molecular formula is C18H23N5O15P3+3. The zero-order valence-corrected chi connectivity index (χ0v) is 23.2. The van der Waals surface area contributed by atoms with Gasteiger partial charge in [0.1, 0.15) is 49.7 Å². The monoisotopic (exact) mass is 642 g/mol. The van der Waals surface area contributed by atoms with E-state index in [4.69, 9.17) is 24.3 Å². The van der Waals surface area contributed by atoms with Crippen LogP contribution in [-0.4, -0.2) is 78.2 Å². The van der Waals surface area contributed by atoms with Gasteiger partial charge in [-0.25, -0.2) is 9.59 Å². The summed E-state index contributed by atoms with van der Waals surface area (Å²) in [5.41, 5.74) is 3.11. The Kier molecular flexibility index (Phi) is 10.3. The van der Waals surface area contributed by atoms with Crippen molar-refractivity contribution in [3.05, 3.63) is 55.8 Å². The lowest BCUT2D eigenvalue weighted by atomic mass is 10.1. The molecule has 2 saturated heterocycles. The minimum Gasteiger partial charge on any atom is -0.390 e. The van der Waals surface area contributed by atoms with Gasteiger partial charge in [-0.15, -0.1) is 9.05 Å². The number of nitrogens with zero attached hydrogens (tertiary/aromatic N) is 3. The van der Waals surface area contributed by atoms with E-state index >= 15 is 0 Å². The molecule has 6 N–H and O–H groups in total. The second-order valence-corrected chi connectivity index (χ2v) is 11.6. The van der Waals surface area contributed by atoms with Gasteiger partial charge in [-0.05, 0) is 6.07 Å². The maximum Gasteiger partial charge on any atom is 0.798 e. The molecule has 0 spiro atoms. The molecule has 0 aromatic carbocycles. The number of rotatable bonds is 12. The van der Waals surface area contributed by atoms with E-state index in [-0.39, 0.29) is 12.2 Å². The van der Waals surface area contributed by atoms with Crippen molar-refractivity contribution in [2.24, 2.45) is 0 Å². The van der Waals surface area contributed by atoms with Gasteiger partial charge in [0.25, 0.3) is 5.56 Å². The first-order valence-electron chi connectivity index (χ1n) is 11.5. The van der Waals surface area contributed by atoms with Crippen LogP contribution in [0.5, 0.6) is 0 Å². The summed E-state index contributed by atoms with van der Waals surface area (Å²) in [5.74, 6) is -0.000148. The summed E-state index contributed by atoms with van der Waals surface area (Å²) >= 11 is 0. The molecule has 0 aliphatic carbocycles. The second kappa shape index (κ2) is 13.5. The fraction of sp³-hybridized carbons (Fsp3) is 0.556. The number of aromatic amines is 1. The van der Waals surface area contributed by atoms with Gasteiger partial charge >= 0.3 is 36.1 Å². The van der Waals surface area contributed by atoms with Crippen LogP contribution in [0.1, 0.15) is 18.9 Å². The van der Waals surface area contributed by atoms with Gasteiger partial charge in [-0.3, -0.25) is 18.9 Å². The molecule has 20 nitrogen and oxygen atoms in total. The molecule has 4 heterocycles. The smallest absolute Gasteiger partial charge is 0.390 e. The molecule has 0 bridgehead atoms. The number of nitrogen functional groups attached to an aromatic ring is 1. The van der Waals surface area contributed by atoms with E-state index < -0.39 is 97.9 Å². The normalized spacial score (nSPS) is 29.0. The fourth-order valence-electron chi connectivity index (χ4n) is 3.84. The number of aliphatic hydroxyl groups excluding tert-OH is 3. The Morgan fingerprint density at radius 3 is 2.20 bits per heavy atom. The first-order chi connectivity index (χ1) is 19.4. The van der Waals surface area contributed by atoms with Crippen molar-refractivity contribution in [2.45, 2.75) is 49.4 Å². The van der Waals surface area contributed by atoms with Crippen molar-refractivity contribution in [3.63, 3.8) is 0 Å². The number of aliphatic hydroxyl groups is 3. The number of nitrogens with two attached hydrogens (primary N) is 1. The summed E-state index contributed by atoms with van der Waals surface area (Å²) in [6, 6.07) is 2.35. The molecule has 41 heavy (non-hydrogen) atoms. The minimum atomic E-state index is -3.31. The van der Waals surface area contributed by atoms with Crippen molar-refractivity contribution < 1.29 is 56.2 Å². The standard InChI is InChI=1S/C18H21N5O15P3/c19-11-1-3-22(17(28)20-11)13-5-8(24)9(35-13)6-33-39(30)37-41(32)38-40(31)34-7-10-14(26)15(27)16(36-10)23-4-2-12(25)21-18(23)29/h1-4,8-10,13-16,24,26-27H,5-7H2,(H-2,19,20,21,25,28,29)/q+1/p+2/t8-,9+,10-,13+,14-,15-,16-/m1/s1. The summed E-state index contributed by atoms with van der Waals surface area (Å²) in [6.45, 7) is -1.17. The van der Waals surface area contributed by atoms with Crippen LogP contribution in [0.3, 0.4) is 0 Å². The third-order valence-corrected chi connectivity index (χ3v) is 8.64. The van der Waals surface area contributed by atoms with Gasteiger partial charge in [-0.1, -0.05) is 0 Å². The molecular weight excluding hydrogens is 619 g/mol. The average molecular weight is 642 g/mol. The Labute approximate surface area is 230 Å².